The molecule has 2 amide bonds. The Labute approximate surface area is 159 Å². The first-order chi connectivity index (χ1) is 13.2. The molecule has 5 nitrogen and oxygen atoms in total. The number of nitrogens with one attached hydrogen (secondary N) is 1. The highest BCUT2D eigenvalue weighted by Crippen LogP contribution is 2.37. The van der Waals surface area contributed by atoms with Gasteiger partial charge in [-0.2, -0.15) is 0 Å². The minimum atomic E-state index is -0.200. The SMILES string of the molecule is COc1ccccc1[C@H]1c2cccn2CCN1C(=O)Nc1ccccc1C. The van der Waals surface area contributed by atoms with E-state index in [1.165, 1.54) is 0 Å². The van der Waals surface area contributed by atoms with E-state index in [9.17, 15) is 4.79 Å². The van der Waals surface area contributed by atoms with E-state index >= 15 is 0 Å². The minimum absolute atomic E-state index is 0.104. The number of carbonyl (C=O) groups is 1. The summed E-state index contributed by atoms with van der Waals surface area (Å²) in [6, 6.07) is 19.5. The number of para-hydroxylation sites is 2. The van der Waals surface area contributed by atoms with Gasteiger partial charge in [-0.15, -0.1) is 0 Å². The number of amides is 2. The number of ether oxygens (including phenoxy) is 1. The smallest absolute Gasteiger partial charge is 0.322 e. The van der Waals surface area contributed by atoms with Crippen LogP contribution in [0.2, 0.25) is 0 Å². The number of aryl methyl sites for hydroxylation is 1. The molecule has 0 saturated heterocycles. The summed E-state index contributed by atoms with van der Waals surface area (Å²) in [5, 5.41) is 3.08. The third-order valence-corrected chi connectivity index (χ3v) is 5.12. The fraction of sp³-hybridized carbons (Fsp3) is 0.227. The van der Waals surface area contributed by atoms with Crippen LogP contribution in [0.15, 0.2) is 66.9 Å². The first-order valence-corrected chi connectivity index (χ1v) is 9.10. The zero-order valence-electron chi connectivity index (χ0n) is 15.6. The number of aromatic nitrogens is 1. The monoisotopic (exact) mass is 361 g/mol. The van der Waals surface area contributed by atoms with Crippen LogP contribution in [-0.2, 0) is 6.54 Å². The van der Waals surface area contributed by atoms with E-state index < -0.39 is 0 Å². The number of carbonyl (C=O) groups excluding carboxylic acids is 1. The van der Waals surface area contributed by atoms with Crippen molar-refractivity contribution in [2.24, 2.45) is 0 Å². The third-order valence-electron chi connectivity index (χ3n) is 5.12. The average molecular weight is 361 g/mol. The molecule has 0 radical (unpaired) electrons. The second-order valence-electron chi connectivity index (χ2n) is 6.71. The van der Waals surface area contributed by atoms with Crippen molar-refractivity contribution in [3.63, 3.8) is 0 Å². The van der Waals surface area contributed by atoms with Crippen LogP contribution >= 0.6 is 0 Å². The van der Waals surface area contributed by atoms with Crippen molar-refractivity contribution in [2.75, 3.05) is 19.0 Å². The summed E-state index contributed by atoms with van der Waals surface area (Å²) in [5.41, 5.74) is 3.95. The Hall–Kier alpha value is -3.21. The molecule has 0 bridgehead atoms. The largest absolute Gasteiger partial charge is 0.496 e. The lowest BCUT2D eigenvalue weighted by Gasteiger charge is -2.37. The molecule has 3 aromatic rings. The van der Waals surface area contributed by atoms with E-state index in [-0.39, 0.29) is 12.1 Å². The molecule has 1 aliphatic heterocycles. The molecule has 27 heavy (non-hydrogen) atoms. The van der Waals surface area contributed by atoms with Gasteiger partial charge in [0.25, 0.3) is 0 Å². The van der Waals surface area contributed by atoms with E-state index in [1.807, 2.05) is 66.4 Å². The number of hydrogen-bond donors (Lipinski definition) is 1. The molecular weight excluding hydrogens is 338 g/mol. The fourth-order valence-electron chi connectivity index (χ4n) is 3.72. The average Bonchev–Trinajstić information content (AvgIpc) is 3.17. The summed E-state index contributed by atoms with van der Waals surface area (Å²) in [6.45, 7) is 3.39. The molecule has 2 heterocycles. The van der Waals surface area contributed by atoms with Gasteiger partial charge in [-0.25, -0.2) is 4.79 Å². The number of fused-ring (bicyclic) bond motifs is 1. The number of urea groups is 1. The van der Waals surface area contributed by atoms with Gasteiger partial charge in [0.15, 0.2) is 0 Å². The van der Waals surface area contributed by atoms with Gasteiger partial charge in [-0.1, -0.05) is 36.4 Å². The van der Waals surface area contributed by atoms with Crippen LogP contribution in [-0.4, -0.2) is 29.2 Å². The topological polar surface area (TPSA) is 46.5 Å². The first kappa shape index (κ1) is 17.2. The molecule has 1 aromatic heterocycles. The summed E-state index contributed by atoms with van der Waals surface area (Å²) >= 11 is 0. The quantitative estimate of drug-likeness (QED) is 0.749. The molecule has 0 unspecified atom stereocenters. The van der Waals surface area contributed by atoms with Crippen molar-refractivity contribution < 1.29 is 9.53 Å². The van der Waals surface area contributed by atoms with Gasteiger partial charge >= 0.3 is 6.03 Å². The predicted octanol–water partition coefficient (Wildman–Crippen LogP) is 4.44. The Kier molecular flexibility index (Phi) is 4.59. The molecule has 0 aliphatic carbocycles. The molecular formula is C22H23N3O2. The maximum absolute atomic E-state index is 13.2. The molecule has 2 aromatic carbocycles. The predicted molar refractivity (Wildman–Crippen MR) is 106 cm³/mol. The highest BCUT2D eigenvalue weighted by Gasteiger charge is 2.34. The summed E-state index contributed by atoms with van der Waals surface area (Å²) in [4.78, 5) is 15.1. The van der Waals surface area contributed by atoms with Crippen LogP contribution in [0.1, 0.15) is 22.9 Å². The van der Waals surface area contributed by atoms with Crippen molar-refractivity contribution in [3.05, 3.63) is 83.7 Å². The second kappa shape index (κ2) is 7.19. The van der Waals surface area contributed by atoms with Gasteiger partial charge in [0.2, 0.25) is 0 Å². The van der Waals surface area contributed by atoms with Gasteiger partial charge in [-0.05, 0) is 36.8 Å². The second-order valence-corrected chi connectivity index (χ2v) is 6.71. The highest BCUT2D eigenvalue weighted by molar-refractivity contribution is 5.90. The van der Waals surface area contributed by atoms with Crippen molar-refractivity contribution in [3.8, 4) is 5.75 Å². The number of nitrogens with zero attached hydrogens (tertiary/aromatic N) is 2. The molecule has 1 N–H and O–H groups in total. The van der Waals surface area contributed by atoms with E-state index in [0.29, 0.717) is 6.54 Å². The summed E-state index contributed by atoms with van der Waals surface area (Å²) in [6.07, 6.45) is 2.06. The normalized spacial score (nSPS) is 15.9. The third kappa shape index (κ3) is 3.16. The Bertz CT molecular complexity index is 963. The van der Waals surface area contributed by atoms with Crippen LogP contribution in [0.5, 0.6) is 5.75 Å². The number of hydrogen-bond acceptors (Lipinski definition) is 2. The summed E-state index contributed by atoms with van der Waals surface area (Å²) < 4.78 is 7.79. The van der Waals surface area contributed by atoms with Crippen LogP contribution in [0.4, 0.5) is 10.5 Å². The van der Waals surface area contributed by atoms with Crippen LogP contribution in [0, 0.1) is 6.92 Å². The minimum Gasteiger partial charge on any atom is -0.496 e. The van der Waals surface area contributed by atoms with Crippen molar-refractivity contribution >= 4 is 11.7 Å². The Morgan fingerprint density at radius 2 is 1.81 bits per heavy atom. The van der Waals surface area contributed by atoms with E-state index in [4.69, 9.17) is 4.74 Å². The number of anilines is 1. The van der Waals surface area contributed by atoms with Crippen LogP contribution in [0.25, 0.3) is 0 Å². The lowest BCUT2D eigenvalue weighted by molar-refractivity contribution is 0.180. The number of methoxy groups -OCH3 is 1. The molecule has 138 valence electrons. The van der Waals surface area contributed by atoms with E-state index in [2.05, 4.69) is 22.1 Å². The van der Waals surface area contributed by atoms with Gasteiger partial charge in [0, 0.05) is 36.2 Å². The van der Waals surface area contributed by atoms with Crippen molar-refractivity contribution in [1.29, 1.82) is 0 Å². The maximum atomic E-state index is 13.2. The lowest BCUT2D eigenvalue weighted by atomic mass is 9.99. The van der Waals surface area contributed by atoms with Gasteiger partial charge < -0.3 is 19.5 Å². The van der Waals surface area contributed by atoms with Crippen molar-refractivity contribution in [1.82, 2.24) is 9.47 Å². The van der Waals surface area contributed by atoms with Crippen LogP contribution in [0.3, 0.4) is 0 Å². The molecule has 5 heteroatoms. The standard InChI is InChI=1S/C22H23N3O2/c1-16-8-3-5-10-18(16)23-22(26)25-15-14-24-13-7-11-19(24)21(25)17-9-4-6-12-20(17)27-2/h3-13,21H,14-15H2,1-2H3,(H,23,26)/t21-/m0/s1. The fourth-order valence-corrected chi connectivity index (χ4v) is 3.72. The summed E-state index contributed by atoms with van der Waals surface area (Å²) in [7, 11) is 1.67. The van der Waals surface area contributed by atoms with Gasteiger partial charge in [0.05, 0.1) is 7.11 Å². The zero-order valence-corrected chi connectivity index (χ0v) is 15.6. The first-order valence-electron chi connectivity index (χ1n) is 9.10. The van der Waals surface area contributed by atoms with Crippen molar-refractivity contribution in [2.45, 2.75) is 19.5 Å². The number of benzene rings is 2. The Morgan fingerprint density at radius 3 is 2.63 bits per heavy atom. The Balaban J connectivity index is 1.73. The van der Waals surface area contributed by atoms with E-state index in [0.717, 1.165) is 34.8 Å². The van der Waals surface area contributed by atoms with Gasteiger partial charge in [-0.3, -0.25) is 0 Å². The molecule has 0 fully saturated rings. The van der Waals surface area contributed by atoms with Crippen LogP contribution < -0.4 is 10.1 Å². The Morgan fingerprint density at radius 1 is 1.04 bits per heavy atom. The van der Waals surface area contributed by atoms with Gasteiger partial charge in [0.1, 0.15) is 11.8 Å². The molecule has 0 saturated carbocycles. The molecule has 1 atom stereocenters. The molecule has 4 rings (SSSR count). The maximum Gasteiger partial charge on any atom is 0.322 e. The molecule has 0 spiro atoms. The lowest BCUT2D eigenvalue weighted by Crippen LogP contribution is -2.44. The highest BCUT2D eigenvalue weighted by atomic mass is 16.5. The summed E-state index contributed by atoms with van der Waals surface area (Å²) in [5.74, 6) is 0.783. The number of rotatable bonds is 3. The zero-order chi connectivity index (χ0) is 18.8. The van der Waals surface area contributed by atoms with E-state index in [1.54, 1.807) is 7.11 Å². The molecule has 1 aliphatic rings.